The monoisotopic (exact) mass is 235 g/mol. The first-order valence-electron chi connectivity index (χ1n) is 6.16. The number of hydrogen-bond donors (Lipinski definition) is 1. The fourth-order valence-corrected chi connectivity index (χ4v) is 1.97. The van der Waals surface area contributed by atoms with Crippen molar-refractivity contribution < 1.29 is 9.47 Å². The lowest BCUT2D eigenvalue weighted by Crippen LogP contribution is -2.36. The Morgan fingerprint density at radius 3 is 2.94 bits per heavy atom. The van der Waals surface area contributed by atoms with E-state index in [4.69, 9.17) is 15.2 Å². The maximum atomic E-state index is 5.82. The molecule has 1 aromatic rings. The van der Waals surface area contributed by atoms with Gasteiger partial charge in [0.15, 0.2) is 0 Å². The topological polar surface area (TPSA) is 44.5 Å². The van der Waals surface area contributed by atoms with Gasteiger partial charge in [0.25, 0.3) is 0 Å². The highest BCUT2D eigenvalue weighted by Crippen LogP contribution is 2.28. The molecule has 0 fully saturated rings. The highest BCUT2D eigenvalue weighted by atomic mass is 16.5. The van der Waals surface area contributed by atoms with Gasteiger partial charge in [0.1, 0.15) is 6.10 Å². The minimum absolute atomic E-state index is 0.0470. The number of hydrogen-bond acceptors (Lipinski definition) is 3. The Labute approximate surface area is 103 Å². The Morgan fingerprint density at radius 1 is 1.41 bits per heavy atom. The van der Waals surface area contributed by atoms with Crippen LogP contribution in [0.3, 0.4) is 0 Å². The van der Waals surface area contributed by atoms with Crippen molar-refractivity contribution in [1.29, 1.82) is 0 Å². The van der Waals surface area contributed by atoms with Crippen LogP contribution in [0, 0.1) is 0 Å². The summed E-state index contributed by atoms with van der Waals surface area (Å²) in [6, 6.07) is 8.41. The highest BCUT2D eigenvalue weighted by molar-refractivity contribution is 5.30. The summed E-state index contributed by atoms with van der Waals surface area (Å²) in [4.78, 5) is 0. The average Bonchev–Trinajstić information content (AvgIpc) is 2.36. The molecule has 0 radical (unpaired) electrons. The van der Waals surface area contributed by atoms with Gasteiger partial charge < -0.3 is 15.2 Å². The van der Waals surface area contributed by atoms with E-state index in [1.165, 1.54) is 11.1 Å². The molecular weight excluding hydrogens is 214 g/mol. The van der Waals surface area contributed by atoms with E-state index < -0.39 is 0 Å². The molecule has 1 unspecified atom stereocenters. The molecule has 0 spiro atoms. The number of ether oxygens (including phenoxy) is 2. The summed E-state index contributed by atoms with van der Waals surface area (Å²) in [6.07, 6.45) is 1.04. The van der Waals surface area contributed by atoms with Crippen LogP contribution < -0.4 is 5.73 Å². The van der Waals surface area contributed by atoms with Gasteiger partial charge in [-0.2, -0.15) is 0 Å². The van der Waals surface area contributed by atoms with E-state index in [0.29, 0.717) is 13.2 Å². The van der Waals surface area contributed by atoms with Crippen LogP contribution in [-0.2, 0) is 15.9 Å². The Hall–Kier alpha value is -0.900. The van der Waals surface area contributed by atoms with Gasteiger partial charge in [-0.05, 0) is 31.4 Å². The fourth-order valence-electron chi connectivity index (χ4n) is 1.97. The van der Waals surface area contributed by atoms with Crippen LogP contribution in [0.5, 0.6) is 0 Å². The summed E-state index contributed by atoms with van der Waals surface area (Å²) >= 11 is 0. The van der Waals surface area contributed by atoms with Crippen LogP contribution in [0.1, 0.15) is 31.1 Å². The van der Waals surface area contributed by atoms with Crippen molar-refractivity contribution in [2.75, 3.05) is 19.8 Å². The third-order valence-corrected chi connectivity index (χ3v) is 3.21. The Kier molecular flexibility index (Phi) is 3.82. The van der Waals surface area contributed by atoms with Gasteiger partial charge in [-0.3, -0.25) is 0 Å². The van der Waals surface area contributed by atoms with Crippen LogP contribution in [0.2, 0.25) is 0 Å². The lowest BCUT2D eigenvalue weighted by molar-refractivity contribution is -0.0816. The molecular formula is C14H21NO2. The van der Waals surface area contributed by atoms with Gasteiger partial charge >= 0.3 is 0 Å². The molecule has 1 atom stereocenters. The number of benzene rings is 1. The van der Waals surface area contributed by atoms with Crippen LogP contribution in [0.25, 0.3) is 0 Å². The molecule has 1 heterocycles. The number of fused-ring (bicyclic) bond motifs is 1. The summed E-state index contributed by atoms with van der Waals surface area (Å²) in [5, 5.41) is 0. The third-order valence-electron chi connectivity index (χ3n) is 3.21. The minimum atomic E-state index is -0.282. The molecule has 0 aromatic heterocycles. The Morgan fingerprint density at radius 2 is 2.18 bits per heavy atom. The zero-order valence-corrected chi connectivity index (χ0v) is 10.6. The molecule has 1 aliphatic heterocycles. The van der Waals surface area contributed by atoms with Crippen molar-refractivity contribution in [2.45, 2.75) is 32.0 Å². The van der Waals surface area contributed by atoms with E-state index in [0.717, 1.165) is 13.0 Å². The van der Waals surface area contributed by atoms with Gasteiger partial charge in [0.05, 0.1) is 18.8 Å². The SMILES string of the molecule is CC(C)(CN)OCC1OCCc2ccccc21. The molecule has 94 valence electrons. The molecule has 2 N–H and O–H groups in total. The first-order valence-corrected chi connectivity index (χ1v) is 6.16. The van der Waals surface area contributed by atoms with Crippen molar-refractivity contribution in [3.8, 4) is 0 Å². The van der Waals surface area contributed by atoms with Crippen LogP contribution in [0.15, 0.2) is 24.3 Å². The quantitative estimate of drug-likeness (QED) is 0.868. The standard InChI is InChI=1S/C14H21NO2/c1-14(2,10-15)17-9-13-12-6-4-3-5-11(12)7-8-16-13/h3-6,13H,7-10,15H2,1-2H3. The molecule has 0 amide bonds. The molecule has 3 nitrogen and oxygen atoms in total. The third kappa shape index (κ3) is 3.06. The molecule has 1 aromatic carbocycles. The van der Waals surface area contributed by atoms with E-state index in [1.807, 2.05) is 13.8 Å². The molecule has 0 saturated carbocycles. The van der Waals surface area contributed by atoms with E-state index >= 15 is 0 Å². The number of nitrogens with two attached hydrogens (primary N) is 1. The van der Waals surface area contributed by atoms with Gasteiger partial charge in [0, 0.05) is 6.54 Å². The zero-order valence-electron chi connectivity index (χ0n) is 10.6. The molecule has 2 rings (SSSR count). The largest absolute Gasteiger partial charge is 0.371 e. The molecule has 0 aliphatic carbocycles. The molecule has 0 saturated heterocycles. The highest BCUT2D eigenvalue weighted by Gasteiger charge is 2.24. The molecule has 1 aliphatic rings. The van der Waals surface area contributed by atoms with Crippen molar-refractivity contribution >= 4 is 0 Å². The second kappa shape index (κ2) is 5.17. The van der Waals surface area contributed by atoms with Gasteiger partial charge in [0.2, 0.25) is 0 Å². The van der Waals surface area contributed by atoms with Gasteiger partial charge in [-0.1, -0.05) is 24.3 Å². The Bertz CT molecular complexity index is 376. The summed E-state index contributed by atoms with van der Waals surface area (Å²) in [5.41, 5.74) is 8.00. The van der Waals surface area contributed by atoms with Crippen LogP contribution in [0.4, 0.5) is 0 Å². The second-order valence-electron chi connectivity index (χ2n) is 5.08. The molecule has 3 heteroatoms. The lowest BCUT2D eigenvalue weighted by atomic mass is 9.98. The van der Waals surface area contributed by atoms with Gasteiger partial charge in [-0.15, -0.1) is 0 Å². The average molecular weight is 235 g/mol. The Balaban J connectivity index is 2.04. The van der Waals surface area contributed by atoms with Crippen molar-refractivity contribution in [1.82, 2.24) is 0 Å². The lowest BCUT2D eigenvalue weighted by Gasteiger charge is -2.30. The first-order chi connectivity index (χ1) is 8.12. The molecule has 0 bridgehead atoms. The fraction of sp³-hybridized carbons (Fsp3) is 0.571. The van der Waals surface area contributed by atoms with Crippen LogP contribution in [-0.4, -0.2) is 25.4 Å². The minimum Gasteiger partial charge on any atom is -0.371 e. The van der Waals surface area contributed by atoms with Crippen molar-refractivity contribution in [3.05, 3.63) is 35.4 Å². The van der Waals surface area contributed by atoms with Crippen molar-refractivity contribution in [2.24, 2.45) is 5.73 Å². The summed E-state index contributed by atoms with van der Waals surface area (Å²) in [5.74, 6) is 0. The van der Waals surface area contributed by atoms with E-state index in [2.05, 4.69) is 24.3 Å². The number of rotatable bonds is 4. The van der Waals surface area contributed by atoms with E-state index in [9.17, 15) is 0 Å². The summed E-state index contributed by atoms with van der Waals surface area (Å²) in [7, 11) is 0. The molecule has 17 heavy (non-hydrogen) atoms. The summed E-state index contributed by atoms with van der Waals surface area (Å²) < 4.78 is 11.6. The van der Waals surface area contributed by atoms with E-state index in [-0.39, 0.29) is 11.7 Å². The maximum Gasteiger partial charge on any atom is 0.106 e. The normalized spacial score (nSPS) is 20.1. The predicted molar refractivity (Wildman–Crippen MR) is 67.9 cm³/mol. The summed E-state index contributed by atoms with van der Waals surface area (Å²) in [6.45, 7) is 5.86. The smallest absolute Gasteiger partial charge is 0.106 e. The first kappa shape index (κ1) is 12.6. The van der Waals surface area contributed by atoms with E-state index in [1.54, 1.807) is 0 Å². The second-order valence-corrected chi connectivity index (χ2v) is 5.08. The maximum absolute atomic E-state index is 5.82. The van der Waals surface area contributed by atoms with Gasteiger partial charge in [-0.25, -0.2) is 0 Å². The predicted octanol–water partition coefficient (Wildman–Crippen LogP) is 2.05. The van der Waals surface area contributed by atoms with Crippen LogP contribution >= 0.6 is 0 Å². The zero-order chi connectivity index (χ0) is 12.3. The van der Waals surface area contributed by atoms with Crippen molar-refractivity contribution in [3.63, 3.8) is 0 Å².